The number of carbonyl (C=O) groups excluding carboxylic acids is 1. The number of halogens is 1. The van der Waals surface area contributed by atoms with Crippen LogP contribution in [0.2, 0.25) is 5.02 Å². The third kappa shape index (κ3) is 8.32. The molecule has 6 nitrogen and oxygen atoms in total. The van der Waals surface area contributed by atoms with Crippen LogP contribution in [0.15, 0.2) is 66.7 Å². The van der Waals surface area contributed by atoms with Gasteiger partial charge in [-0.1, -0.05) is 81.8 Å². The second-order valence-corrected chi connectivity index (χ2v) is 9.66. The van der Waals surface area contributed by atoms with Gasteiger partial charge in [0.1, 0.15) is 0 Å². The number of carbonyl (C=O) groups is 1. The molecule has 0 unspecified atom stereocenters. The normalized spacial score (nSPS) is 10.8. The monoisotopic (exact) mass is 521 g/mol. The topological polar surface area (TPSA) is 75.5 Å². The first-order chi connectivity index (χ1) is 17.9. The molecule has 0 aromatic heterocycles. The average Bonchev–Trinajstić information content (AvgIpc) is 2.91. The molecule has 0 atom stereocenters. The molecule has 1 amide bonds. The summed E-state index contributed by atoms with van der Waals surface area (Å²) in [6, 6.07) is 20.0. The van der Waals surface area contributed by atoms with E-state index in [1.54, 1.807) is 0 Å². The smallest absolute Gasteiger partial charge is 0.270 e. The van der Waals surface area contributed by atoms with Gasteiger partial charge in [0.15, 0.2) is 0 Å². The molecule has 0 spiro atoms. The van der Waals surface area contributed by atoms with Crippen LogP contribution in [0.1, 0.15) is 69.2 Å². The largest absolute Gasteiger partial charge is 0.372 e. The molecule has 3 aromatic rings. The van der Waals surface area contributed by atoms with Crippen molar-refractivity contribution in [3.63, 3.8) is 0 Å². The van der Waals surface area contributed by atoms with Gasteiger partial charge in [-0.05, 0) is 54.3 Å². The van der Waals surface area contributed by atoms with E-state index in [1.807, 2.05) is 24.3 Å². The minimum Gasteiger partial charge on any atom is -0.372 e. The fraction of sp³-hybridized carbons (Fsp3) is 0.367. The highest BCUT2D eigenvalue weighted by atomic mass is 35.5. The molecule has 0 fully saturated rings. The molecular formula is C30H36ClN3O3. The number of nitro benzene ring substituents is 1. The summed E-state index contributed by atoms with van der Waals surface area (Å²) >= 11 is 6.09. The van der Waals surface area contributed by atoms with E-state index in [1.165, 1.54) is 68.8 Å². The Labute approximate surface area is 224 Å². The molecule has 0 heterocycles. The molecule has 3 aromatic carbocycles. The maximum Gasteiger partial charge on any atom is 0.270 e. The summed E-state index contributed by atoms with van der Waals surface area (Å²) in [4.78, 5) is 25.6. The molecule has 0 aliphatic heterocycles. The van der Waals surface area contributed by atoms with Gasteiger partial charge in [0.25, 0.3) is 11.6 Å². The zero-order chi connectivity index (χ0) is 26.6. The van der Waals surface area contributed by atoms with Gasteiger partial charge in [0.05, 0.1) is 15.5 Å². The quantitative estimate of drug-likeness (QED) is 0.131. The van der Waals surface area contributed by atoms with Crippen molar-refractivity contribution in [3.05, 3.63) is 87.4 Å². The number of nitrogens with one attached hydrogen (secondary N) is 1. The van der Waals surface area contributed by atoms with Gasteiger partial charge in [0.2, 0.25) is 0 Å². The van der Waals surface area contributed by atoms with Crippen LogP contribution >= 0.6 is 11.6 Å². The van der Waals surface area contributed by atoms with E-state index < -0.39 is 10.8 Å². The van der Waals surface area contributed by atoms with Crippen molar-refractivity contribution >= 4 is 34.6 Å². The third-order valence-corrected chi connectivity index (χ3v) is 6.76. The molecule has 0 bridgehead atoms. The Kier molecular flexibility index (Phi) is 11.0. The summed E-state index contributed by atoms with van der Waals surface area (Å²) in [6.07, 6.45) is 8.70. The highest BCUT2D eigenvalue weighted by Crippen LogP contribution is 2.27. The third-order valence-electron chi connectivity index (χ3n) is 6.43. The Morgan fingerprint density at radius 3 is 2.00 bits per heavy atom. The van der Waals surface area contributed by atoms with Gasteiger partial charge < -0.3 is 10.2 Å². The SMILES string of the molecule is CCCCCCN(CCCCC)c1ccc(-c2ccc(NC(=O)c3cc([N+](=O)[O-])ccc3Cl)cc2)cc1. The second-order valence-electron chi connectivity index (χ2n) is 9.25. The number of benzene rings is 3. The number of non-ortho nitro benzene ring substituents is 1. The number of rotatable bonds is 14. The first-order valence-corrected chi connectivity index (χ1v) is 13.5. The second kappa shape index (κ2) is 14.4. The summed E-state index contributed by atoms with van der Waals surface area (Å²) in [7, 11) is 0. The molecule has 0 radical (unpaired) electrons. The Morgan fingerprint density at radius 1 is 0.838 bits per heavy atom. The van der Waals surface area contributed by atoms with Crippen molar-refractivity contribution in [1.29, 1.82) is 0 Å². The van der Waals surface area contributed by atoms with Gasteiger partial charge in [-0.15, -0.1) is 0 Å². The van der Waals surface area contributed by atoms with Crippen LogP contribution in [0.4, 0.5) is 17.1 Å². The Hall–Kier alpha value is -3.38. The first-order valence-electron chi connectivity index (χ1n) is 13.1. The Balaban J connectivity index is 1.66. The van der Waals surface area contributed by atoms with E-state index in [4.69, 9.17) is 11.6 Å². The van der Waals surface area contributed by atoms with Crippen LogP contribution in [-0.2, 0) is 0 Å². The van der Waals surface area contributed by atoms with Crippen LogP contribution in [-0.4, -0.2) is 23.9 Å². The lowest BCUT2D eigenvalue weighted by atomic mass is 10.0. The number of amides is 1. The van der Waals surface area contributed by atoms with E-state index in [0.29, 0.717) is 5.69 Å². The number of hydrogen-bond acceptors (Lipinski definition) is 4. The zero-order valence-electron chi connectivity index (χ0n) is 21.7. The molecule has 0 saturated carbocycles. The summed E-state index contributed by atoms with van der Waals surface area (Å²) in [5, 5.41) is 14.0. The van der Waals surface area contributed by atoms with Crippen molar-refractivity contribution < 1.29 is 9.72 Å². The summed E-state index contributed by atoms with van der Waals surface area (Å²) < 4.78 is 0. The van der Waals surface area contributed by atoms with E-state index >= 15 is 0 Å². The lowest BCUT2D eigenvalue weighted by molar-refractivity contribution is -0.384. The minimum absolute atomic E-state index is 0.0636. The fourth-order valence-electron chi connectivity index (χ4n) is 4.26. The minimum atomic E-state index is -0.552. The molecular weight excluding hydrogens is 486 g/mol. The molecule has 7 heteroatoms. The highest BCUT2D eigenvalue weighted by molar-refractivity contribution is 6.34. The summed E-state index contributed by atoms with van der Waals surface area (Å²) in [6.45, 7) is 6.65. The number of nitro groups is 1. The number of unbranched alkanes of at least 4 members (excludes halogenated alkanes) is 5. The van der Waals surface area contributed by atoms with Crippen LogP contribution in [0, 0.1) is 10.1 Å². The highest BCUT2D eigenvalue weighted by Gasteiger charge is 2.16. The molecule has 0 aliphatic rings. The summed E-state index contributed by atoms with van der Waals surface area (Å²) in [5.41, 5.74) is 3.87. The predicted octanol–water partition coefficient (Wildman–Crippen LogP) is 8.74. The molecule has 196 valence electrons. The molecule has 0 saturated heterocycles. The zero-order valence-corrected chi connectivity index (χ0v) is 22.5. The number of anilines is 2. The van der Waals surface area contributed by atoms with E-state index in [-0.39, 0.29) is 16.3 Å². The van der Waals surface area contributed by atoms with Crippen molar-refractivity contribution in [1.82, 2.24) is 0 Å². The van der Waals surface area contributed by atoms with Crippen LogP contribution in [0.25, 0.3) is 11.1 Å². The van der Waals surface area contributed by atoms with Crippen molar-refractivity contribution in [2.75, 3.05) is 23.3 Å². The predicted molar refractivity (Wildman–Crippen MR) is 154 cm³/mol. The van der Waals surface area contributed by atoms with Gasteiger partial charge >= 0.3 is 0 Å². The van der Waals surface area contributed by atoms with Crippen LogP contribution in [0.5, 0.6) is 0 Å². The molecule has 3 rings (SSSR count). The van der Waals surface area contributed by atoms with Crippen LogP contribution < -0.4 is 10.2 Å². The molecule has 1 N–H and O–H groups in total. The number of hydrogen-bond donors (Lipinski definition) is 1. The standard InChI is InChI=1S/C30H36ClN3O3/c1-3-5-7-9-21-33(20-8-6-4-2)26-16-12-24(13-17-26)23-10-14-25(15-11-23)32-30(35)28-22-27(34(36)37)18-19-29(28)31/h10-19,22H,3-9,20-21H2,1-2H3,(H,32,35). The lowest BCUT2D eigenvalue weighted by Crippen LogP contribution is -2.25. The van der Waals surface area contributed by atoms with E-state index in [2.05, 4.69) is 48.3 Å². The maximum atomic E-state index is 12.6. The fourth-order valence-corrected chi connectivity index (χ4v) is 4.47. The van der Waals surface area contributed by atoms with Gasteiger partial charge in [-0.2, -0.15) is 0 Å². The van der Waals surface area contributed by atoms with Crippen molar-refractivity contribution in [3.8, 4) is 11.1 Å². The molecule has 37 heavy (non-hydrogen) atoms. The van der Waals surface area contributed by atoms with Crippen molar-refractivity contribution in [2.24, 2.45) is 0 Å². The van der Waals surface area contributed by atoms with E-state index in [9.17, 15) is 14.9 Å². The Morgan fingerprint density at radius 2 is 1.41 bits per heavy atom. The van der Waals surface area contributed by atoms with Gasteiger partial charge in [0, 0.05) is 36.6 Å². The Bertz CT molecular complexity index is 1160. The number of nitrogens with zero attached hydrogens (tertiary/aromatic N) is 2. The lowest BCUT2D eigenvalue weighted by Gasteiger charge is -2.25. The average molecular weight is 522 g/mol. The van der Waals surface area contributed by atoms with E-state index in [0.717, 1.165) is 24.2 Å². The van der Waals surface area contributed by atoms with Gasteiger partial charge in [-0.25, -0.2) is 0 Å². The molecule has 0 aliphatic carbocycles. The van der Waals surface area contributed by atoms with Crippen molar-refractivity contribution in [2.45, 2.75) is 58.8 Å². The first kappa shape index (κ1) is 28.2. The maximum absolute atomic E-state index is 12.6. The summed E-state index contributed by atoms with van der Waals surface area (Å²) in [5.74, 6) is -0.493. The van der Waals surface area contributed by atoms with Gasteiger partial charge in [-0.3, -0.25) is 14.9 Å². The van der Waals surface area contributed by atoms with Crippen LogP contribution in [0.3, 0.4) is 0 Å².